The van der Waals surface area contributed by atoms with Crippen LogP contribution in [0.1, 0.15) is 39.3 Å². The summed E-state index contributed by atoms with van der Waals surface area (Å²) in [5.74, 6) is -4.34. The van der Waals surface area contributed by atoms with E-state index in [2.05, 4.69) is 10.6 Å². The molecular weight excluding hydrogens is 297 g/mol. The molecule has 3 N–H and O–H groups in total. The lowest BCUT2D eigenvalue weighted by Gasteiger charge is -2.29. The van der Waals surface area contributed by atoms with Gasteiger partial charge in [-0.25, -0.2) is 18.0 Å². The summed E-state index contributed by atoms with van der Waals surface area (Å²) in [4.78, 5) is 11.9. The molecule has 2 atom stereocenters. The molecule has 2 amide bonds. The lowest BCUT2D eigenvalue weighted by atomic mass is 9.88. The van der Waals surface area contributed by atoms with Gasteiger partial charge in [-0.1, -0.05) is 20.8 Å². The van der Waals surface area contributed by atoms with Crippen LogP contribution in [0, 0.1) is 22.9 Å². The third-order valence-electron chi connectivity index (χ3n) is 3.54. The summed E-state index contributed by atoms with van der Waals surface area (Å²) in [5, 5.41) is 14.4. The first-order chi connectivity index (χ1) is 10.1. The first-order valence-electron chi connectivity index (χ1n) is 6.88. The second kappa shape index (κ2) is 7.00. The number of nitrogens with one attached hydrogen (secondary N) is 2. The Morgan fingerprint density at radius 1 is 1.18 bits per heavy atom. The van der Waals surface area contributed by atoms with Gasteiger partial charge in [0.15, 0.2) is 17.5 Å². The van der Waals surface area contributed by atoms with E-state index < -0.39 is 36.1 Å². The van der Waals surface area contributed by atoms with E-state index in [1.807, 2.05) is 27.7 Å². The number of hydrogen-bond donors (Lipinski definition) is 3. The zero-order chi connectivity index (χ0) is 17.1. The largest absolute Gasteiger partial charge is 0.394 e. The molecule has 0 aliphatic carbocycles. The molecule has 0 radical (unpaired) electrons. The van der Waals surface area contributed by atoms with Crippen molar-refractivity contribution in [2.24, 2.45) is 5.41 Å². The average Bonchev–Trinajstić information content (AvgIpc) is 2.40. The van der Waals surface area contributed by atoms with Gasteiger partial charge in [0.25, 0.3) is 0 Å². The fourth-order valence-electron chi connectivity index (χ4n) is 1.62. The van der Waals surface area contributed by atoms with Gasteiger partial charge in [-0.2, -0.15) is 0 Å². The highest BCUT2D eigenvalue weighted by Gasteiger charge is 2.24. The highest BCUT2D eigenvalue weighted by Crippen LogP contribution is 2.20. The molecule has 0 saturated carbocycles. The summed E-state index contributed by atoms with van der Waals surface area (Å²) < 4.78 is 39.4. The maximum atomic E-state index is 13.2. The molecule has 1 rings (SSSR count). The molecular formula is C15H21F3N2O2. The number of aliphatic hydroxyl groups is 1. The molecule has 0 aliphatic heterocycles. The quantitative estimate of drug-likeness (QED) is 0.748. The smallest absolute Gasteiger partial charge is 0.315 e. The molecule has 2 unspecified atom stereocenters. The summed E-state index contributed by atoms with van der Waals surface area (Å²) >= 11 is 0. The van der Waals surface area contributed by atoms with Crippen LogP contribution in [0.2, 0.25) is 0 Å². The number of carbonyl (C=O) groups excluding carboxylic acids is 1. The van der Waals surface area contributed by atoms with Crippen molar-refractivity contribution in [2.75, 3.05) is 6.61 Å². The third-order valence-corrected chi connectivity index (χ3v) is 3.54. The SMILES string of the molecule is CC(NC(=O)NC(CO)c1cc(F)c(F)c(F)c1)C(C)(C)C. The minimum absolute atomic E-state index is 0.0579. The van der Waals surface area contributed by atoms with Crippen LogP contribution >= 0.6 is 0 Å². The van der Waals surface area contributed by atoms with Crippen molar-refractivity contribution in [3.63, 3.8) is 0 Å². The van der Waals surface area contributed by atoms with E-state index in [0.717, 1.165) is 12.1 Å². The number of aliphatic hydroxyl groups excluding tert-OH is 1. The van der Waals surface area contributed by atoms with Crippen LogP contribution in [-0.2, 0) is 0 Å². The van der Waals surface area contributed by atoms with Crippen LogP contribution in [0.15, 0.2) is 12.1 Å². The number of halogens is 3. The van der Waals surface area contributed by atoms with Crippen LogP contribution in [0.5, 0.6) is 0 Å². The van der Waals surface area contributed by atoms with Crippen LogP contribution in [-0.4, -0.2) is 23.8 Å². The first kappa shape index (κ1) is 18.3. The Labute approximate surface area is 127 Å². The molecule has 0 saturated heterocycles. The van der Waals surface area contributed by atoms with E-state index in [-0.39, 0.29) is 17.0 Å². The van der Waals surface area contributed by atoms with Crippen LogP contribution in [0.25, 0.3) is 0 Å². The first-order valence-corrected chi connectivity index (χ1v) is 6.88. The maximum absolute atomic E-state index is 13.2. The van der Waals surface area contributed by atoms with Crippen LogP contribution in [0.3, 0.4) is 0 Å². The van der Waals surface area contributed by atoms with Crippen molar-refractivity contribution in [1.82, 2.24) is 10.6 Å². The van der Waals surface area contributed by atoms with Gasteiger partial charge >= 0.3 is 6.03 Å². The topological polar surface area (TPSA) is 61.4 Å². The van der Waals surface area contributed by atoms with Gasteiger partial charge < -0.3 is 15.7 Å². The Hall–Kier alpha value is -1.76. The number of urea groups is 1. The van der Waals surface area contributed by atoms with Gasteiger partial charge in [-0.3, -0.25) is 0 Å². The van der Waals surface area contributed by atoms with Gasteiger partial charge in [0.2, 0.25) is 0 Å². The Balaban J connectivity index is 2.83. The molecule has 0 aromatic heterocycles. The normalized spacial score (nSPS) is 14.4. The number of rotatable bonds is 4. The minimum atomic E-state index is -1.59. The van der Waals surface area contributed by atoms with E-state index in [1.165, 1.54) is 0 Å². The van der Waals surface area contributed by atoms with Crippen molar-refractivity contribution in [3.05, 3.63) is 35.1 Å². The predicted molar refractivity (Wildman–Crippen MR) is 76.7 cm³/mol. The zero-order valence-corrected chi connectivity index (χ0v) is 13.0. The molecule has 4 nitrogen and oxygen atoms in total. The molecule has 7 heteroatoms. The molecule has 124 valence electrons. The molecule has 0 heterocycles. The number of amides is 2. The zero-order valence-electron chi connectivity index (χ0n) is 13.0. The molecule has 1 aromatic carbocycles. The summed E-state index contributed by atoms with van der Waals surface area (Å²) in [6, 6.07) is -0.323. The van der Waals surface area contributed by atoms with E-state index in [9.17, 15) is 23.1 Å². The Bertz CT molecular complexity index is 521. The summed E-state index contributed by atoms with van der Waals surface area (Å²) in [5.41, 5.74) is -0.238. The maximum Gasteiger partial charge on any atom is 0.315 e. The van der Waals surface area contributed by atoms with Crippen molar-refractivity contribution in [3.8, 4) is 0 Å². The summed E-state index contributed by atoms with van der Waals surface area (Å²) in [6.07, 6.45) is 0. The lowest BCUT2D eigenvalue weighted by molar-refractivity contribution is 0.204. The fraction of sp³-hybridized carbons (Fsp3) is 0.533. The lowest BCUT2D eigenvalue weighted by Crippen LogP contribution is -2.47. The van der Waals surface area contributed by atoms with E-state index in [4.69, 9.17) is 0 Å². The molecule has 22 heavy (non-hydrogen) atoms. The monoisotopic (exact) mass is 318 g/mol. The molecule has 0 bridgehead atoms. The van der Waals surface area contributed by atoms with Crippen molar-refractivity contribution in [1.29, 1.82) is 0 Å². The van der Waals surface area contributed by atoms with Crippen molar-refractivity contribution >= 4 is 6.03 Å². The van der Waals surface area contributed by atoms with Gasteiger partial charge in [-0.15, -0.1) is 0 Å². The van der Waals surface area contributed by atoms with E-state index in [0.29, 0.717) is 0 Å². The Morgan fingerprint density at radius 2 is 1.68 bits per heavy atom. The summed E-state index contributed by atoms with van der Waals surface area (Å²) in [7, 11) is 0. The highest BCUT2D eigenvalue weighted by atomic mass is 19.2. The van der Waals surface area contributed by atoms with Crippen molar-refractivity contribution in [2.45, 2.75) is 39.8 Å². The van der Waals surface area contributed by atoms with Crippen molar-refractivity contribution < 1.29 is 23.1 Å². The minimum Gasteiger partial charge on any atom is -0.394 e. The second-order valence-electron chi connectivity index (χ2n) is 6.24. The number of carbonyl (C=O) groups is 1. The predicted octanol–water partition coefficient (Wildman–Crippen LogP) is 2.87. The Kier molecular flexibility index (Phi) is 5.82. The van der Waals surface area contributed by atoms with E-state index in [1.54, 1.807) is 0 Å². The molecule has 0 fully saturated rings. The Morgan fingerprint density at radius 3 is 2.09 bits per heavy atom. The number of benzene rings is 1. The molecule has 0 aliphatic rings. The average molecular weight is 318 g/mol. The van der Waals surface area contributed by atoms with Gasteiger partial charge in [-0.05, 0) is 30.0 Å². The molecule has 1 aromatic rings. The van der Waals surface area contributed by atoms with Gasteiger partial charge in [0.05, 0.1) is 12.6 Å². The van der Waals surface area contributed by atoms with E-state index >= 15 is 0 Å². The fourth-order valence-corrected chi connectivity index (χ4v) is 1.62. The van der Waals surface area contributed by atoms with Crippen LogP contribution < -0.4 is 10.6 Å². The second-order valence-corrected chi connectivity index (χ2v) is 6.24. The third kappa shape index (κ3) is 4.62. The highest BCUT2D eigenvalue weighted by molar-refractivity contribution is 5.74. The molecule has 0 spiro atoms. The standard InChI is InChI=1S/C15H21F3N2O2/c1-8(15(2,3)4)19-14(22)20-12(7-21)9-5-10(16)13(18)11(17)6-9/h5-6,8,12,21H,7H2,1-4H3,(H2,19,20,22). The van der Waals surface area contributed by atoms with Gasteiger partial charge in [0.1, 0.15) is 0 Å². The summed E-state index contributed by atoms with van der Waals surface area (Å²) in [6.45, 7) is 7.04. The van der Waals surface area contributed by atoms with Gasteiger partial charge in [0, 0.05) is 6.04 Å². The number of hydrogen-bond acceptors (Lipinski definition) is 2. The van der Waals surface area contributed by atoms with Crippen LogP contribution in [0.4, 0.5) is 18.0 Å².